The van der Waals surface area contributed by atoms with Crippen molar-refractivity contribution in [3.8, 4) is 0 Å². The molecule has 2 rings (SSSR count). The van der Waals surface area contributed by atoms with Crippen LogP contribution in [0.15, 0.2) is 44.7 Å². The van der Waals surface area contributed by atoms with Crippen LogP contribution in [0.4, 0.5) is 5.69 Å². The van der Waals surface area contributed by atoms with E-state index < -0.39 is 5.97 Å². The average Bonchev–Trinajstić information content (AvgIpc) is 2.78. The van der Waals surface area contributed by atoms with Crippen LogP contribution in [0, 0.1) is 6.92 Å². The number of hydrogen-bond acceptors (Lipinski definition) is 5. The summed E-state index contributed by atoms with van der Waals surface area (Å²) in [5.41, 5.74) is 6.61. The van der Waals surface area contributed by atoms with Gasteiger partial charge < -0.3 is 14.9 Å². The summed E-state index contributed by atoms with van der Waals surface area (Å²) in [5, 5.41) is 0. The van der Waals surface area contributed by atoms with Crippen molar-refractivity contribution in [2.75, 3.05) is 12.3 Å². The number of benzene rings is 1. The number of nitrogens with two attached hydrogens (primary N) is 1. The molecule has 1 aromatic carbocycles. The van der Waals surface area contributed by atoms with E-state index in [2.05, 4.69) is 0 Å². The zero-order chi connectivity index (χ0) is 13.8. The number of nitrogen functional groups attached to an aromatic ring is 1. The first kappa shape index (κ1) is 13.5. The Morgan fingerprint density at radius 3 is 2.84 bits per heavy atom. The molecule has 2 N–H and O–H groups in total. The van der Waals surface area contributed by atoms with Gasteiger partial charge in [0.25, 0.3) is 0 Å². The summed E-state index contributed by atoms with van der Waals surface area (Å²) >= 11 is 1.52. The smallest absolute Gasteiger partial charge is 0.340 e. The maximum atomic E-state index is 11.8. The molecule has 0 radical (unpaired) electrons. The van der Waals surface area contributed by atoms with Crippen LogP contribution in [0.2, 0.25) is 0 Å². The van der Waals surface area contributed by atoms with Crippen LogP contribution >= 0.6 is 11.8 Å². The van der Waals surface area contributed by atoms with Crippen LogP contribution in [0.25, 0.3) is 0 Å². The van der Waals surface area contributed by atoms with Crippen molar-refractivity contribution < 1.29 is 13.9 Å². The van der Waals surface area contributed by atoms with Crippen molar-refractivity contribution in [2.24, 2.45) is 0 Å². The minimum absolute atomic E-state index is 0.330. The van der Waals surface area contributed by atoms with Gasteiger partial charge in [-0.25, -0.2) is 4.79 Å². The summed E-state index contributed by atoms with van der Waals surface area (Å²) in [6.07, 6.45) is 1.64. The first-order valence-electron chi connectivity index (χ1n) is 5.90. The Bertz CT molecular complexity index is 592. The SMILES string of the molecule is CCOC(=O)c1cc(Sc2ccoc2C)ccc1N. The number of carbonyl (C=O) groups is 1. The molecule has 0 atom stereocenters. The van der Waals surface area contributed by atoms with Crippen LogP contribution in [-0.2, 0) is 4.74 Å². The van der Waals surface area contributed by atoms with Crippen molar-refractivity contribution >= 4 is 23.4 Å². The van der Waals surface area contributed by atoms with Gasteiger partial charge in [0, 0.05) is 10.6 Å². The topological polar surface area (TPSA) is 65.5 Å². The standard InChI is InChI=1S/C14H15NO3S/c1-3-17-14(16)11-8-10(4-5-12(11)15)19-13-6-7-18-9(13)2/h4-8H,3,15H2,1-2H3. The Kier molecular flexibility index (Phi) is 4.16. The third-order valence-electron chi connectivity index (χ3n) is 2.56. The van der Waals surface area contributed by atoms with Crippen molar-refractivity contribution in [1.29, 1.82) is 0 Å². The van der Waals surface area contributed by atoms with Gasteiger partial charge in [-0.2, -0.15) is 0 Å². The summed E-state index contributed by atoms with van der Waals surface area (Å²) in [7, 11) is 0. The van der Waals surface area contributed by atoms with Gasteiger partial charge in [0.15, 0.2) is 0 Å². The molecule has 1 aromatic heterocycles. The third kappa shape index (κ3) is 3.12. The average molecular weight is 277 g/mol. The molecule has 100 valence electrons. The molecule has 1 heterocycles. The van der Waals surface area contributed by atoms with Crippen molar-refractivity contribution in [2.45, 2.75) is 23.6 Å². The largest absolute Gasteiger partial charge is 0.468 e. The van der Waals surface area contributed by atoms with E-state index in [1.807, 2.05) is 19.1 Å². The Labute approximate surface area is 115 Å². The molecule has 0 spiro atoms. The van der Waals surface area contributed by atoms with Gasteiger partial charge >= 0.3 is 5.97 Å². The number of furan rings is 1. The summed E-state index contributed by atoms with van der Waals surface area (Å²) < 4.78 is 10.2. The van der Waals surface area contributed by atoms with E-state index in [1.165, 1.54) is 11.8 Å². The van der Waals surface area contributed by atoms with Crippen molar-refractivity contribution in [3.63, 3.8) is 0 Å². The van der Waals surface area contributed by atoms with E-state index in [-0.39, 0.29) is 0 Å². The van der Waals surface area contributed by atoms with E-state index >= 15 is 0 Å². The fraction of sp³-hybridized carbons (Fsp3) is 0.214. The molecule has 5 heteroatoms. The quantitative estimate of drug-likeness (QED) is 0.684. The van der Waals surface area contributed by atoms with Gasteiger partial charge in [0.05, 0.1) is 23.3 Å². The lowest BCUT2D eigenvalue weighted by Crippen LogP contribution is -2.07. The molecular weight excluding hydrogens is 262 g/mol. The van der Waals surface area contributed by atoms with Crippen LogP contribution in [-0.4, -0.2) is 12.6 Å². The zero-order valence-corrected chi connectivity index (χ0v) is 11.6. The Morgan fingerprint density at radius 2 is 2.21 bits per heavy atom. The summed E-state index contributed by atoms with van der Waals surface area (Å²) in [5.74, 6) is 0.450. The number of ether oxygens (including phenoxy) is 1. The van der Waals surface area contributed by atoms with Crippen LogP contribution in [0.3, 0.4) is 0 Å². The number of rotatable bonds is 4. The molecule has 0 bridgehead atoms. The molecule has 0 saturated carbocycles. The first-order chi connectivity index (χ1) is 9.11. The summed E-state index contributed by atoms with van der Waals surface area (Å²) in [6.45, 7) is 3.99. The Balaban J connectivity index is 2.26. The first-order valence-corrected chi connectivity index (χ1v) is 6.72. The molecule has 2 aromatic rings. The molecule has 4 nitrogen and oxygen atoms in total. The number of aryl methyl sites for hydroxylation is 1. The summed E-state index contributed by atoms with van der Waals surface area (Å²) in [6, 6.07) is 7.21. The highest BCUT2D eigenvalue weighted by molar-refractivity contribution is 7.99. The summed E-state index contributed by atoms with van der Waals surface area (Å²) in [4.78, 5) is 13.7. The van der Waals surface area contributed by atoms with Crippen LogP contribution in [0.5, 0.6) is 0 Å². The van der Waals surface area contributed by atoms with Crippen molar-refractivity contribution in [3.05, 3.63) is 41.9 Å². The lowest BCUT2D eigenvalue weighted by atomic mass is 10.2. The number of hydrogen-bond donors (Lipinski definition) is 1. The van der Waals surface area contributed by atoms with E-state index in [1.54, 1.807) is 25.3 Å². The van der Waals surface area contributed by atoms with Gasteiger partial charge in [0.2, 0.25) is 0 Å². The van der Waals surface area contributed by atoms with Gasteiger partial charge in [-0.05, 0) is 38.1 Å². The second kappa shape index (κ2) is 5.84. The van der Waals surface area contributed by atoms with Gasteiger partial charge in [-0.3, -0.25) is 0 Å². The predicted octanol–water partition coefficient (Wildman–Crippen LogP) is 3.50. The Hall–Kier alpha value is -1.88. The van der Waals surface area contributed by atoms with E-state index in [0.29, 0.717) is 17.9 Å². The third-order valence-corrected chi connectivity index (χ3v) is 3.69. The maximum Gasteiger partial charge on any atom is 0.340 e. The zero-order valence-electron chi connectivity index (χ0n) is 10.8. The van der Waals surface area contributed by atoms with Crippen LogP contribution < -0.4 is 5.73 Å². The number of esters is 1. The molecule has 0 unspecified atom stereocenters. The fourth-order valence-corrected chi connectivity index (χ4v) is 2.47. The van der Waals surface area contributed by atoms with E-state index in [0.717, 1.165) is 15.6 Å². The van der Waals surface area contributed by atoms with E-state index in [4.69, 9.17) is 14.9 Å². The normalized spacial score (nSPS) is 10.4. The highest BCUT2D eigenvalue weighted by atomic mass is 32.2. The maximum absolute atomic E-state index is 11.8. The van der Waals surface area contributed by atoms with Gasteiger partial charge in [0.1, 0.15) is 5.76 Å². The molecule has 0 aliphatic carbocycles. The highest BCUT2D eigenvalue weighted by Crippen LogP contribution is 2.32. The number of anilines is 1. The second-order valence-electron chi connectivity index (χ2n) is 3.91. The monoisotopic (exact) mass is 277 g/mol. The predicted molar refractivity (Wildman–Crippen MR) is 74.4 cm³/mol. The molecule has 0 aliphatic heterocycles. The van der Waals surface area contributed by atoms with Crippen molar-refractivity contribution in [1.82, 2.24) is 0 Å². The lowest BCUT2D eigenvalue weighted by Gasteiger charge is -2.07. The lowest BCUT2D eigenvalue weighted by molar-refractivity contribution is 0.0527. The highest BCUT2D eigenvalue weighted by Gasteiger charge is 2.13. The van der Waals surface area contributed by atoms with E-state index in [9.17, 15) is 4.79 Å². The minimum Gasteiger partial charge on any atom is -0.468 e. The minimum atomic E-state index is -0.397. The van der Waals surface area contributed by atoms with Gasteiger partial charge in [-0.15, -0.1) is 0 Å². The molecule has 0 saturated heterocycles. The Morgan fingerprint density at radius 1 is 1.42 bits per heavy atom. The molecule has 19 heavy (non-hydrogen) atoms. The van der Waals surface area contributed by atoms with Crippen LogP contribution in [0.1, 0.15) is 23.0 Å². The molecule has 0 fully saturated rings. The molecular formula is C14H15NO3S. The fourth-order valence-electron chi connectivity index (χ4n) is 1.59. The molecule has 0 amide bonds. The second-order valence-corrected chi connectivity index (χ2v) is 5.03. The number of carbonyl (C=O) groups excluding carboxylic acids is 1. The van der Waals surface area contributed by atoms with Gasteiger partial charge in [-0.1, -0.05) is 11.8 Å². The molecule has 0 aliphatic rings.